The summed E-state index contributed by atoms with van der Waals surface area (Å²) >= 11 is 0. The van der Waals surface area contributed by atoms with E-state index < -0.39 is 6.17 Å². The maximum Gasteiger partial charge on any atom is 0.104 e. The lowest BCUT2D eigenvalue weighted by Crippen LogP contribution is -2.34. The lowest BCUT2D eigenvalue weighted by atomic mass is 9.91. The molecule has 2 nitrogen and oxygen atoms in total. The van der Waals surface area contributed by atoms with Crippen LogP contribution in [0.1, 0.15) is 19.3 Å². The summed E-state index contributed by atoms with van der Waals surface area (Å²) in [5, 5.41) is 0. The molecular weight excluding hydrogens is 155 g/mol. The Morgan fingerprint density at radius 3 is 2.58 bits per heavy atom. The minimum absolute atomic E-state index is 0.268. The van der Waals surface area contributed by atoms with Gasteiger partial charge in [0, 0.05) is 0 Å². The molecule has 12 heavy (non-hydrogen) atoms. The van der Waals surface area contributed by atoms with Gasteiger partial charge in [-0.3, -0.25) is 0 Å². The van der Waals surface area contributed by atoms with Crippen LogP contribution >= 0.6 is 0 Å². The van der Waals surface area contributed by atoms with Gasteiger partial charge in [0.05, 0.1) is 0 Å². The highest BCUT2D eigenvalue weighted by atomic mass is 19.1. The molecule has 0 saturated carbocycles. The molecule has 0 radical (unpaired) electrons. The van der Waals surface area contributed by atoms with Crippen molar-refractivity contribution in [3.63, 3.8) is 0 Å². The number of piperidine rings is 1. The Kier molecular flexibility index (Phi) is 3.95. The first-order chi connectivity index (χ1) is 5.74. The Hall–Kier alpha value is -0.150. The van der Waals surface area contributed by atoms with Gasteiger partial charge in [-0.05, 0) is 51.9 Å². The molecule has 1 aliphatic rings. The molecule has 1 fully saturated rings. The monoisotopic (exact) mass is 174 g/mol. The van der Waals surface area contributed by atoms with Crippen LogP contribution in [0.5, 0.6) is 0 Å². The summed E-state index contributed by atoms with van der Waals surface area (Å²) < 4.78 is 13.3. The van der Waals surface area contributed by atoms with Crippen molar-refractivity contribution in [2.24, 2.45) is 11.7 Å². The van der Waals surface area contributed by atoms with E-state index in [2.05, 4.69) is 11.9 Å². The fourth-order valence-corrected chi connectivity index (χ4v) is 1.79. The van der Waals surface area contributed by atoms with Gasteiger partial charge in [-0.2, -0.15) is 0 Å². The highest BCUT2D eigenvalue weighted by Gasteiger charge is 2.24. The van der Waals surface area contributed by atoms with Gasteiger partial charge in [0.1, 0.15) is 6.17 Å². The van der Waals surface area contributed by atoms with Crippen LogP contribution in [0.15, 0.2) is 0 Å². The SMILES string of the molecule is CN1CCC(C(F)CCN)CC1. The van der Waals surface area contributed by atoms with E-state index in [0.717, 1.165) is 25.9 Å². The van der Waals surface area contributed by atoms with Crippen molar-refractivity contribution in [3.05, 3.63) is 0 Å². The number of hydrogen-bond acceptors (Lipinski definition) is 2. The van der Waals surface area contributed by atoms with E-state index in [-0.39, 0.29) is 5.92 Å². The normalized spacial score (nSPS) is 24.2. The molecule has 1 heterocycles. The second-order valence-electron chi connectivity index (χ2n) is 3.73. The van der Waals surface area contributed by atoms with Crippen LogP contribution in [0.25, 0.3) is 0 Å². The quantitative estimate of drug-likeness (QED) is 0.692. The predicted octanol–water partition coefficient (Wildman–Crippen LogP) is 1.02. The van der Waals surface area contributed by atoms with Crippen molar-refractivity contribution in [2.75, 3.05) is 26.7 Å². The Morgan fingerprint density at radius 1 is 1.50 bits per heavy atom. The molecule has 0 aromatic heterocycles. The van der Waals surface area contributed by atoms with Gasteiger partial charge < -0.3 is 10.6 Å². The number of halogens is 1. The average molecular weight is 174 g/mol. The predicted molar refractivity (Wildman–Crippen MR) is 48.8 cm³/mol. The van der Waals surface area contributed by atoms with Crippen LogP contribution in [-0.2, 0) is 0 Å². The molecule has 72 valence electrons. The average Bonchev–Trinajstić information content (AvgIpc) is 2.06. The van der Waals surface area contributed by atoms with Crippen LogP contribution in [0.2, 0.25) is 0 Å². The van der Waals surface area contributed by atoms with Gasteiger partial charge in [0.25, 0.3) is 0 Å². The fraction of sp³-hybridized carbons (Fsp3) is 1.00. The maximum atomic E-state index is 13.3. The molecular formula is C9H19FN2. The Balaban J connectivity index is 2.24. The van der Waals surface area contributed by atoms with Gasteiger partial charge in [0.15, 0.2) is 0 Å². The second kappa shape index (κ2) is 4.77. The molecule has 3 heteroatoms. The summed E-state index contributed by atoms with van der Waals surface area (Å²) in [6.07, 6.45) is 1.87. The molecule has 0 aromatic rings. The first kappa shape index (κ1) is 9.93. The summed E-state index contributed by atoms with van der Waals surface area (Å²) in [7, 11) is 2.09. The fourth-order valence-electron chi connectivity index (χ4n) is 1.79. The smallest absolute Gasteiger partial charge is 0.104 e. The topological polar surface area (TPSA) is 29.3 Å². The second-order valence-corrected chi connectivity index (χ2v) is 3.73. The minimum atomic E-state index is -0.663. The van der Waals surface area contributed by atoms with E-state index in [0.29, 0.717) is 13.0 Å². The highest BCUT2D eigenvalue weighted by molar-refractivity contribution is 4.76. The van der Waals surface area contributed by atoms with Crippen molar-refractivity contribution in [3.8, 4) is 0 Å². The molecule has 1 unspecified atom stereocenters. The summed E-state index contributed by atoms with van der Waals surface area (Å²) in [6, 6.07) is 0. The summed E-state index contributed by atoms with van der Waals surface area (Å²) in [4.78, 5) is 2.26. The first-order valence-electron chi connectivity index (χ1n) is 4.76. The van der Waals surface area contributed by atoms with Crippen molar-refractivity contribution in [1.82, 2.24) is 4.90 Å². The molecule has 1 aliphatic heterocycles. The number of alkyl halides is 1. The van der Waals surface area contributed by atoms with Gasteiger partial charge in [-0.25, -0.2) is 4.39 Å². The Labute approximate surface area is 73.9 Å². The number of hydrogen-bond donors (Lipinski definition) is 1. The molecule has 0 aliphatic carbocycles. The van der Waals surface area contributed by atoms with Gasteiger partial charge in [-0.15, -0.1) is 0 Å². The van der Waals surface area contributed by atoms with Gasteiger partial charge in [-0.1, -0.05) is 0 Å². The third-order valence-electron chi connectivity index (χ3n) is 2.72. The zero-order valence-corrected chi connectivity index (χ0v) is 7.80. The summed E-state index contributed by atoms with van der Waals surface area (Å²) in [5.74, 6) is 0.268. The maximum absolute atomic E-state index is 13.3. The first-order valence-corrected chi connectivity index (χ1v) is 4.76. The zero-order valence-electron chi connectivity index (χ0n) is 7.80. The van der Waals surface area contributed by atoms with Crippen molar-refractivity contribution < 1.29 is 4.39 Å². The molecule has 0 aromatic carbocycles. The number of nitrogens with two attached hydrogens (primary N) is 1. The van der Waals surface area contributed by atoms with Gasteiger partial charge in [0.2, 0.25) is 0 Å². The Morgan fingerprint density at radius 2 is 2.08 bits per heavy atom. The van der Waals surface area contributed by atoms with Crippen LogP contribution < -0.4 is 5.73 Å². The number of nitrogens with zero attached hydrogens (tertiary/aromatic N) is 1. The number of rotatable bonds is 3. The lowest BCUT2D eigenvalue weighted by molar-refractivity contribution is 0.131. The van der Waals surface area contributed by atoms with Crippen LogP contribution in [-0.4, -0.2) is 37.8 Å². The molecule has 0 spiro atoms. The molecule has 2 N–H and O–H groups in total. The van der Waals surface area contributed by atoms with Crippen LogP contribution in [0.3, 0.4) is 0 Å². The lowest BCUT2D eigenvalue weighted by Gasteiger charge is -2.30. The van der Waals surface area contributed by atoms with E-state index in [4.69, 9.17) is 5.73 Å². The third kappa shape index (κ3) is 2.72. The van der Waals surface area contributed by atoms with E-state index in [9.17, 15) is 4.39 Å². The van der Waals surface area contributed by atoms with Crippen LogP contribution in [0, 0.1) is 5.92 Å². The molecule has 1 atom stereocenters. The van der Waals surface area contributed by atoms with Crippen LogP contribution in [0.4, 0.5) is 4.39 Å². The Bertz CT molecular complexity index is 122. The summed E-state index contributed by atoms with van der Waals surface area (Å²) in [6.45, 7) is 2.55. The summed E-state index contributed by atoms with van der Waals surface area (Å²) in [5.41, 5.74) is 5.31. The van der Waals surface area contributed by atoms with Crippen molar-refractivity contribution in [2.45, 2.75) is 25.4 Å². The third-order valence-corrected chi connectivity index (χ3v) is 2.72. The van der Waals surface area contributed by atoms with E-state index in [1.54, 1.807) is 0 Å². The highest BCUT2D eigenvalue weighted by Crippen LogP contribution is 2.23. The molecule has 0 bridgehead atoms. The van der Waals surface area contributed by atoms with E-state index in [1.807, 2.05) is 0 Å². The molecule has 0 amide bonds. The molecule has 1 rings (SSSR count). The standard InChI is InChI=1S/C9H19FN2/c1-12-6-3-8(4-7-12)9(10)2-5-11/h8-9H,2-7,11H2,1H3. The molecule has 1 saturated heterocycles. The van der Waals surface area contributed by atoms with E-state index in [1.165, 1.54) is 0 Å². The van der Waals surface area contributed by atoms with Crippen molar-refractivity contribution in [1.29, 1.82) is 0 Å². The van der Waals surface area contributed by atoms with E-state index >= 15 is 0 Å². The number of likely N-dealkylation sites (tertiary alicyclic amines) is 1. The zero-order chi connectivity index (χ0) is 8.97. The largest absolute Gasteiger partial charge is 0.330 e. The van der Waals surface area contributed by atoms with Crippen molar-refractivity contribution >= 4 is 0 Å². The van der Waals surface area contributed by atoms with Gasteiger partial charge >= 0.3 is 0 Å². The minimum Gasteiger partial charge on any atom is -0.330 e.